The summed E-state index contributed by atoms with van der Waals surface area (Å²) in [6.07, 6.45) is 0.268. The number of carbonyl (C=O) groups excluding carboxylic acids is 14. The Hall–Kier alpha value is -8.32. The molecule has 42 nitrogen and oxygen atoms in total. The first kappa shape index (κ1) is 95.9. The summed E-state index contributed by atoms with van der Waals surface area (Å²) in [4.78, 5) is 203. The number of amides is 12. The summed E-state index contributed by atoms with van der Waals surface area (Å²) in [7, 11) is 0. The minimum atomic E-state index is -1.52. The summed E-state index contributed by atoms with van der Waals surface area (Å²) >= 11 is 22.4. The number of primary amides is 2. The topological polar surface area (TPSA) is 722 Å². The van der Waals surface area contributed by atoms with Crippen LogP contribution in [0, 0.1) is 0 Å². The first-order valence-corrected chi connectivity index (χ1v) is 34.3. The molecule has 32 N–H and O–H groups in total. The van der Waals surface area contributed by atoms with E-state index in [0.29, 0.717) is 10.1 Å². The first-order valence-electron chi connectivity index (χ1n) is 30.1. The summed E-state index contributed by atoms with van der Waals surface area (Å²) in [5, 5.41) is 20.3. The summed E-state index contributed by atoms with van der Waals surface area (Å²) in [6.45, 7) is 7.83. The lowest BCUT2D eigenvalue weighted by Crippen LogP contribution is -2.59. The van der Waals surface area contributed by atoms with E-state index in [1.54, 1.807) is 0 Å². The standard InChI is InChI=1S/2C26H49N13O8S2.H2S2/c2*1-12(35-22(44)17(11-49)37-14(3)40)20(42)38-16(6-4-8-33-25(29)30)21(43)36-13(2)23(45)39(47-24(46)15(27)10-48)18(19(28)41)7-5-9-34-26(31)32;1-2/h2*12-13,15-18,48-49H,4-11,27H2,1-3H3,(H2,28,41)(H,35,44)(H,36,43)(H,37,40)(H,38,42)(H4,29,30,33)(H4,31,32,34);1-2H/t2*12-,13-,15-,16+,17+,18+;/m00./s1. The molecule has 12 atom stereocenters. The number of guanidine groups is 4. The van der Waals surface area contributed by atoms with Crippen molar-refractivity contribution < 1.29 is 76.8 Å². The molecular formula is C52H100N26O16S6. The van der Waals surface area contributed by atoms with Crippen molar-refractivity contribution in [1.82, 2.24) is 52.7 Å². The number of nitrogens with zero attached hydrogens (tertiary/aromatic N) is 6. The smallest absolute Gasteiger partial charge is 0.349 e. The van der Waals surface area contributed by atoms with Gasteiger partial charge in [-0.2, -0.15) is 60.6 Å². The van der Waals surface area contributed by atoms with Crippen LogP contribution in [-0.2, 0) is 76.8 Å². The fourth-order valence-electron chi connectivity index (χ4n) is 7.65. The average molecular weight is 1540 g/mol. The Kier molecular flexibility index (Phi) is 50.5. The Morgan fingerprint density at radius 1 is 0.360 bits per heavy atom. The second-order valence-electron chi connectivity index (χ2n) is 21.3. The van der Waals surface area contributed by atoms with Crippen LogP contribution in [0.1, 0.15) is 92.9 Å². The quantitative estimate of drug-likeness (QED) is 0.00674. The number of rotatable bonds is 42. The monoisotopic (exact) mass is 1540 g/mol. The summed E-state index contributed by atoms with van der Waals surface area (Å²) in [5.74, 6) is -13.4. The first-order chi connectivity index (χ1) is 46.7. The largest absolute Gasteiger partial charge is 0.370 e. The SMILES string of the molecule is CC(=O)N[C@H](CS)C(=O)N[C@@H](C)C(=O)N[C@H](CCCN=C(N)N)C(=O)N[C@@H](C)C(=O)N(OC(=O)[C@@H](N)CS)[C@H](CCCN=C(N)N)C(N)=O.CC(=O)N[C@H](CS)C(=O)N[C@@H](C)C(=O)N[C@H](CCCN=C(N)N)C(=O)N[C@@H](C)C(=O)N(OC(=O)[C@@H](N)CS)[C@H](CCCN=C(N)N)C(N)=O.SS. The van der Waals surface area contributed by atoms with Crippen molar-refractivity contribution in [2.24, 2.45) is 88.8 Å². The molecule has 0 aromatic heterocycles. The van der Waals surface area contributed by atoms with Crippen molar-refractivity contribution in [2.75, 3.05) is 49.2 Å². The number of aliphatic imine (C=N–C) groups is 4. The van der Waals surface area contributed by atoms with Crippen LogP contribution in [0.3, 0.4) is 0 Å². The molecule has 0 saturated heterocycles. The van der Waals surface area contributed by atoms with E-state index in [4.69, 9.17) is 78.5 Å². The van der Waals surface area contributed by atoms with Crippen molar-refractivity contribution in [3.63, 3.8) is 0 Å². The minimum absolute atomic E-state index is 0.0364. The van der Waals surface area contributed by atoms with Crippen LogP contribution in [0.4, 0.5) is 0 Å². The van der Waals surface area contributed by atoms with Gasteiger partial charge >= 0.3 is 11.9 Å². The van der Waals surface area contributed by atoms with Crippen LogP contribution in [0.15, 0.2) is 20.0 Å². The third-order valence-corrected chi connectivity index (χ3v) is 14.3. The summed E-state index contributed by atoms with van der Waals surface area (Å²) in [6, 6.07) is -15.6. The lowest BCUT2D eigenvalue weighted by molar-refractivity contribution is -0.210. The van der Waals surface area contributed by atoms with E-state index in [2.05, 4.69) is 136 Å². The van der Waals surface area contributed by atoms with Gasteiger partial charge in [-0.1, -0.05) is 0 Å². The highest BCUT2D eigenvalue weighted by Crippen LogP contribution is 2.15. The average Bonchev–Trinajstić information content (AvgIpc) is 0.843. The Bertz CT molecular complexity index is 2650. The summed E-state index contributed by atoms with van der Waals surface area (Å²) in [5.41, 5.74) is 65.1. The molecule has 0 saturated carbocycles. The lowest BCUT2D eigenvalue weighted by Gasteiger charge is -2.31. The fraction of sp³-hybridized carbons (Fsp3) is 0.654. The van der Waals surface area contributed by atoms with Gasteiger partial charge in [0.1, 0.15) is 72.5 Å². The minimum Gasteiger partial charge on any atom is -0.370 e. The Morgan fingerprint density at radius 3 is 0.840 bits per heavy atom. The van der Waals surface area contributed by atoms with Crippen LogP contribution in [0.5, 0.6) is 0 Å². The van der Waals surface area contributed by atoms with E-state index in [1.165, 1.54) is 41.5 Å². The van der Waals surface area contributed by atoms with Crippen molar-refractivity contribution in [3.8, 4) is 0 Å². The van der Waals surface area contributed by atoms with Gasteiger partial charge in [0, 0.05) is 63.0 Å². The second-order valence-corrected chi connectivity index (χ2v) is 22.7. The van der Waals surface area contributed by atoms with E-state index in [0.717, 1.165) is 0 Å². The molecule has 0 aromatic rings. The highest BCUT2D eigenvalue weighted by atomic mass is 33.1. The molecule has 0 heterocycles. The normalized spacial score (nSPS) is 14.0. The van der Waals surface area contributed by atoms with Gasteiger partial charge < -0.3 is 121 Å². The van der Waals surface area contributed by atoms with Gasteiger partial charge in [0.15, 0.2) is 23.8 Å². The zero-order chi connectivity index (χ0) is 77.7. The molecule has 0 radical (unpaired) electrons. The predicted octanol–water partition coefficient (Wildman–Crippen LogP) is -10.4. The van der Waals surface area contributed by atoms with E-state index >= 15 is 0 Å². The van der Waals surface area contributed by atoms with E-state index in [-0.39, 0.29) is 124 Å². The third kappa shape index (κ3) is 40.7. The number of carbonyl (C=O) groups is 14. The number of nitrogens with one attached hydrogen (secondary N) is 8. The zero-order valence-corrected chi connectivity index (χ0v) is 61.4. The van der Waals surface area contributed by atoms with Crippen LogP contribution in [0.2, 0.25) is 0 Å². The van der Waals surface area contributed by atoms with Gasteiger partial charge in [-0.15, -0.1) is 23.3 Å². The maximum Gasteiger partial charge on any atom is 0.349 e. The van der Waals surface area contributed by atoms with Gasteiger partial charge in [0.2, 0.25) is 59.1 Å². The summed E-state index contributed by atoms with van der Waals surface area (Å²) < 4.78 is 0. The highest BCUT2D eigenvalue weighted by Gasteiger charge is 2.39. The van der Waals surface area contributed by atoms with Gasteiger partial charge in [-0.3, -0.25) is 77.5 Å². The van der Waals surface area contributed by atoms with E-state index in [9.17, 15) is 67.1 Å². The molecule has 0 aliphatic rings. The van der Waals surface area contributed by atoms with Crippen molar-refractivity contribution >= 4 is 180 Å². The molecular weight excluding hydrogens is 1440 g/mol. The molecule has 0 bridgehead atoms. The maximum atomic E-state index is 13.6. The Balaban J connectivity index is -0.00000184. The fourth-order valence-corrected chi connectivity index (χ4v) is 8.46. The van der Waals surface area contributed by atoms with Crippen molar-refractivity contribution in [1.29, 1.82) is 0 Å². The molecule has 0 rings (SSSR count). The molecule has 0 unspecified atom stereocenters. The number of hydrogen-bond donors (Lipinski definition) is 26. The molecule has 0 aliphatic carbocycles. The lowest BCUT2D eigenvalue weighted by atomic mass is 10.1. The molecule has 12 amide bonds. The van der Waals surface area contributed by atoms with E-state index in [1.807, 2.05) is 0 Å². The van der Waals surface area contributed by atoms with Crippen LogP contribution in [-0.4, -0.2) is 238 Å². The Labute approximate surface area is 610 Å². The molecule has 100 heavy (non-hydrogen) atoms. The predicted molar refractivity (Wildman–Crippen MR) is 390 cm³/mol. The molecule has 0 aliphatic heterocycles. The number of hydrogen-bond acceptors (Lipinski definition) is 28. The number of hydroxylamine groups is 4. The van der Waals surface area contributed by atoms with Gasteiger partial charge in [0.25, 0.3) is 11.8 Å². The molecule has 0 aromatic carbocycles. The highest BCUT2D eigenvalue weighted by molar-refractivity contribution is 8.59. The maximum absolute atomic E-state index is 13.6. The molecule has 570 valence electrons. The van der Waals surface area contributed by atoms with Crippen molar-refractivity contribution in [2.45, 2.75) is 165 Å². The van der Waals surface area contributed by atoms with Crippen LogP contribution in [0.25, 0.3) is 0 Å². The van der Waals surface area contributed by atoms with Gasteiger partial charge in [-0.05, 0) is 79.1 Å². The zero-order valence-electron chi connectivity index (χ0n) is 56.1. The third-order valence-electron chi connectivity index (χ3n) is 12.8. The van der Waals surface area contributed by atoms with Gasteiger partial charge in [0.05, 0.1) is 0 Å². The molecule has 0 spiro atoms. The number of thiol groups is 6. The van der Waals surface area contributed by atoms with Crippen LogP contribution < -0.4 is 111 Å². The van der Waals surface area contributed by atoms with E-state index < -0.39 is 155 Å². The Morgan fingerprint density at radius 2 is 0.610 bits per heavy atom. The molecule has 48 heteroatoms. The van der Waals surface area contributed by atoms with Crippen LogP contribution >= 0.6 is 73.8 Å². The second kappa shape index (κ2) is 52.7. The van der Waals surface area contributed by atoms with Gasteiger partial charge in [-0.25, -0.2) is 9.59 Å². The molecule has 0 fully saturated rings. The number of nitrogens with two attached hydrogens (primary N) is 12. The van der Waals surface area contributed by atoms with Crippen molar-refractivity contribution in [3.05, 3.63) is 0 Å².